The van der Waals surface area contributed by atoms with Crippen LogP contribution < -0.4 is 10.5 Å². The van der Waals surface area contributed by atoms with Gasteiger partial charge in [-0.3, -0.25) is 5.10 Å². The van der Waals surface area contributed by atoms with Crippen LogP contribution in [0.25, 0.3) is 11.1 Å². The molecule has 0 aliphatic carbocycles. The number of nitrogens with two attached hydrogens (primary N) is 1. The second kappa shape index (κ2) is 3.94. The molecule has 2 heterocycles. The first-order chi connectivity index (χ1) is 8.25. The van der Waals surface area contributed by atoms with Crippen molar-refractivity contribution >= 4 is 17.4 Å². The fraction of sp³-hybridized carbons (Fsp3) is 0.182. The molecule has 17 heavy (non-hydrogen) atoms. The zero-order chi connectivity index (χ0) is 11.8. The van der Waals surface area contributed by atoms with Gasteiger partial charge in [0.05, 0.1) is 12.8 Å². The first kappa shape index (κ1) is 10.4. The van der Waals surface area contributed by atoms with Crippen LogP contribution in [-0.4, -0.2) is 17.0 Å². The first-order valence-electron chi connectivity index (χ1n) is 5.08. The van der Waals surface area contributed by atoms with Crippen molar-refractivity contribution in [2.45, 2.75) is 6.61 Å². The van der Waals surface area contributed by atoms with Crippen LogP contribution in [0.1, 0.15) is 5.56 Å². The van der Waals surface area contributed by atoms with Gasteiger partial charge in [-0.15, -0.1) is 0 Å². The number of anilines is 1. The highest BCUT2D eigenvalue weighted by atomic mass is 35.5. The van der Waals surface area contributed by atoms with Gasteiger partial charge in [0.15, 0.2) is 6.79 Å². The molecular weight excluding hydrogens is 242 g/mol. The minimum atomic E-state index is 0.259. The number of hydrogen-bond acceptors (Lipinski definition) is 4. The Kier molecular flexibility index (Phi) is 2.42. The lowest BCUT2D eigenvalue weighted by atomic mass is 10.0. The van der Waals surface area contributed by atoms with Gasteiger partial charge in [-0.25, -0.2) is 0 Å². The van der Waals surface area contributed by atoms with E-state index in [0.29, 0.717) is 17.4 Å². The van der Waals surface area contributed by atoms with E-state index in [4.69, 9.17) is 26.8 Å². The molecule has 3 N–H and O–H groups in total. The summed E-state index contributed by atoms with van der Waals surface area (Å²) in [5.41, 5.74) is 8.29. The number of nitrogen functional groups attached to an aromatic ring is 1. The normalized spacial score (nSPS) is 14.2. The molecule has 2 aromatic rings. The van der Waals surface area contributed by atoms with Gasteiger partial charge in [0, 0.05) is 21.7 Å². The van der Waals surface area contributed by atoms with Crippen molar-refractivity contribution in [2.24, 2.45) is 0 Å². The predicted molar refractivity (Wildman–Crippen MR) is 63.7 cm³/mol. The standard InChI is InChI=1S/C11H10ClN3O2/c12-9-1-6-4-16-5-17-10(6)2-7(9)8-3-14-15-11(8)13/h1-3H,4-5H2,(H3,13,14,15). The van der Waals surface area contributed by atoms with E-state index in [1.54, 1.807) is 6.20 Å². The molecule has 0 saturated carbocycles. The van der Waals surface area contributed by atoms with E-state index >= 15 is 0 Å². The minimum absolute atomic E-state index is 0.259. The van der Waals surface area contributed by atoms with Crippen LogP contribution in [0, 0.1) is 0 Å². The smallest absolute Gasteiger partial charge is 0.189 e. The van der Waals surface area contributed by atoms with Crippen LogP contribution in [0.4, 0.5) is 5.82 Å². The summed E-state index contributed by atoms with van der Waals surface area (Å²) in [7, 11) is 0. The van der Waals surface area contributed by atoms with Crippen LogP contribution in [0.3, 0.4) is 0 Å². The second-order valence-electron chi connectivity index (χ2n) is 3.75. The van der Waals surface area contributed by atoms with Crippen molar-refractivity contribution in [3.05, 3.63) is 28.9 Å². The van der Waals surface area contributed by atoms with E-state index in [0.717, 1.165) is 22.4 Å². The molecule has 1 aromatic carbocycles. The Hall–Kier alpha value is -1.72. The van der Waals surface area contributed by atoms with Crippen molar-refractivity contribution in [1.82, 2.24) is 10.2 Å². The van der Waals surface area contributed by atoms with E-state index in [1.165, 1.54) is 0 Å². The number of hydrogen-bond donors (Lipinski definition) is 2. The zero-order valence-corrected chi connectivity index (χ0v) is 9.62. The zero-order valence-electron chi connectivity index (χ0n) is 8.87. The number of nitrogens with one attached hydrogen (secondary N) is 1. The van der Waals surface area contributed by atoms with Gasteiger partial charge in [0.1, 0.15) is 11.6 Å². The average molecular weight is 252 g/mol. The third kappa shape index (κ3) is 1.73. The Balaban J connectivity index is 2.15. The predicted octanol–water partition coefficient (Wildman–Crippen LogP) is 2.18. The number of fused-ring (bicyclic) bond motifs is 1. The molecular formula is C11H10ClN3O2. The van der Waals surface area contributed by atoms with Gasteiger partial charge in [-0.1, -0.05) is 11.6 Å². The Morgan fingerprint density at radius 1 is 1.35 bits per heavy atom. The highest BCUT2D eigenvalue weighted by Crippen LogP contribution is 2.37. The van der Waals surface area contributed by atoms with Gasteiger partial charge < -0.3 is 15.2 Å². The summed E-state index contributed by atoms with van der Waals surface area (Å²) in [6.07, 6.45) is 1.64. The summed E-state index contributed by atoms with van der Waals surface area (Å²) in [5.74, 6) is 1.26. The van der Waals surface area contributed by atoms with E-state index < -0.39 is 0 Å². The molecule has 0 fully saturated rings. The molecule has 0 saturated heterocycles. The number of halogens is 1. The summed E-state index contributed by atoms with van der Waals surface area (Å²) in [6, 6.07) is 3.69. The van der Waals surface area contributed by atoms with Crippen molar-refractivity contribution < 1.29 is 9.47 Å². The van der Waals surface area contributed by atoms with Crippen molar-refractivity contribution in [2.75, 3.05) is 12.5 Å². The summed E-state index contributed by atoms with van der Waals surface area (Å²) in [6.45, 7) is 0.769. The van der Waals surface area contributed by atoms with Crippen LogP contribution in [0.2, 0.25) is 5.02 Å². The number of rotatable bonds is 1. The summed E-state index contributed by atoms with van der Waals surface area (Å²) in [4.78, 5) is 0. The van der Waals surface area contributed by atoms with Gasteiger partial charge in [0.25, 0.3) is 0 Å². The lowest BCUT2D eigenvalue weighted by Crippen LogP contribution is -2.11. The third-order valence-corrected chi connectivity index (χ3v) is 2.98. The fourth-order valence-electron chi connectivity index (χ4n) is 1.82. The monoisotopic (exact) mass is 251 g/mol. The lowest BCUT2D eigenvalue weighted by molar-refractivity contribution is -0.0163. The fourth-order valence-corrected chi connectivity index (χ4v) is 2.10. The van der Waals surface area contributed by atoms with E-state index in [-0.39, 0.29) is 6.79 Å². The Morgan fingerprint density at radius 2 is 2.24 bits per heavy atom. The summed E-state index contributed by atoms with van der Waals surface area (Å²) < 4.78 is 10.6. The van der Waals surface area contributed by atoms with Crippen LogP contribution in [-0.2, 0) is 11.3 Å². The number of aromatic amines is 1. The Morgan fingerprint density at radius 3 is 3.00 bits per heavy atom. The number of benzene rings is 1. The molecule has 88 valence electrons. The second-order valence-corrected chi connectivity index (χ2v) is 4.15. The van der Waals surface area contributed by atoms with Gasteiger partial charge in [-0.05, 0) is 12.1 Å². The maximum atomic E-state index is 6.22. The number of ether oxygens (including phenoxy) is 2. The molecule has 0 spiro atoms. The van der Waals surface area contributed by atoms with Crippen molar-refractivity contribution in [3.8, 4) is 16.9 Å². The first-order valence-corrected chi connectivity index (χ1v) is 5.45. The molecule has 3 rings (SSSR count). The maximum absolute atomic E-state index is 6.22. The molecule has 1 aliphatic rings. The highest BCUT2D eigenvalue weighted by molar-refractivity contribution is 6.33. The highest BCUT2D eigenvalue weighted by Gasteiger charge is 2.16. The molecule has 0 unspecified atom stereocenters. The van der Waals surface area contributed by atoms with E-state index in [1.807, 2.05) is 12.1 Å². The number of H-pyrrole nitrogens is 1. The molecule has 0 atom stereocenters. The molecule has 0 bridgehead atoms. The van der Waals surface area contributed by atoms with Gasteiger partial charge in [0.2, 0.25) is 0 Å². The molecule has 0 radical (unpaired) electrons. The van der Waals surface area contributed by atoms with E-state index in [2.05, 4.69) is 10.2 Å². The van der Waals surface area contributed by atoms with E-state index in [9.17, 15) is 0 Å². The average Bonchev–Trinajstić information content (AvgIpc) is 2.74. The van der Waals surface area contributed by atoms with Crippen molar-refractivity contribution in [3.63, 3.8) is 0 Å². The third-order valence-electron chi connectivity index (χ3n) is 2.66. The topological polar surface area (TPSA) is 73.2 Å². The van der Waals surface area contributed by atoms with Gasteiger partial charge >= 0.3 is 0 Å². The molecule has 5 nitrogen and oxygen atoms in total. The minimum Gasteiger partial charge on any atom is -0.467 e. The number of nitrogens with zero attached hydrogens (tertiary/aromatic N) is 1. The Labute approximate surface area is 102 Å². The van der Waals surface area contributed by atoms with Crippen LogP contribution in [0.15, 0.2) is 18.3 Å². The summed E-state index contributed by atoms with van der Waals surface area (Å²) in [5, 5.41) is 7.16. The number of aromatic nitrogens is 2. The lowest BCUT2D eigenvalue weighted by Gasteiger charge is -2.19. The summed E-state index contributed by atoms with van der Waals surface area (Å²) >= 11 is 6.22. The molecule has 0 amide bonds. The molecule has 1 aliphatic heterocycles. The van der Waals surface area contributed by atoms with Crippen LogP contribution in [0.5, 0.6) is 5.75 Å². The molecule has 6 heteroatoms. The SMILES string of the molecule is Nc1[nH]ncc1-c1cc2c(cc1Cl)COCO2. The quantitative estimate of drug-likeness (QED) is 0.815. The van der Waals surface area contributed by atoms with Gasteiger partial charge in [-0.2, -0.15) is 5.10 Å². The Bertz CT molecular complexity index is 568. The van der Waals surface area contributed by atoms with Crippen LogP contribution >= 0.6 is 11.6 Å². The maximum Gasteiger partial charge on any atom is 0.189 e. The van der Waals surface area contributed by atoms with Crippen molar-refractivity contribution in [1.29, 1.82) is 0 Å². The molecule has 1 aromatic heterocycles. The largest absolute Gasteiger partial charge is 0.467 e.